The van der Waals surface area contributed by atoms with Gasteiger partial charge in [-0.3, -0.25) is 4.79 Å². The van der Waals surface area contributed by atoms with E-state index in [9.17, 15) is 9.59 Å². The lowest BCUT2D eigenvalue weighted by molar-refractivity contribution is -0.120. The second-order valence-electron chi connectivity index (χ2n) is 7.03. The highest BCUT2D eigenvalue weighted by molar-refractivity contribution is 5.82. The molecule has 5 nitrogen and oxygen atoms in total. The Balaban J connectivity index is 2.17. The Kier molecular flexibility index (Phi) is 6.99. The standard InChI is InChI=1S/C16H30N2O3/c1-12(13-8-6-5-7-9-13)10-17-14(19)11-18-15(20)21-16(2,3)4/h12-13H,5-11H2,1-4H3,(H,17,19)(H,18,20). The van der Waals surface area contributed by atoms with Crippen LogP contribution in [0, 0.1) is 11.8 Å². The SMILES string of the molecule is CC(CNC(=O)CNC(=O)OC(C)(C)C)C1CCCCC1. The van der Waals surface area contributed by atoms with Gasteiger partial charge in [-0.25, -0.2) is 4.79 Å². The topological polar surface area (TPSA) is 67.4 Å². The highest BCUT2D eigenvalue weighted by Crippen LogP contribution is 2.29. The Morgan fingerprint density at radius 3 is 2.33 bits per heavy atom. The van der Waals surface area contributed by atoms with Gasteiger partial charge in [0.05, 0.1) is 6.54 Å². The molecule has 1 saturated carbocycles. The van der Waals surface area contributed by atoms with Gasteiger partial charge in [-0.15, -0.1) is 0 Å². The van der Waals surface area contributed by atoms with E-state index in [4.69, 9.17) is 4.74 Å². The molecule has 5 heteroatoms. The number of hydrogen-bond acceptors (Lipinski definition) is 3. The van der Waals surface area contributed by atoms with Crippen molar-refractivity contribution in [2.75, 3.05) is 13.1 Å². The molecule has 0 saturated heterocycles. The molecule has 122 valence electrons. The molecule has 1 atom stereocenters. The van der Waals surface area contributed by atoms with Crippen LogP contribution in [0.3, 0.4) is 0 Å². The molecule has 1 aliphatic rings. The Morgan fingerprint density at radius 1 is 1.14 bits per heavy atom. The van der Waals surface area contributed by atoms with Crippen LogP contribution in [0.4, 0.5) is 4.79 Å². The number of carbonyl (C=O) groups is 2. The monoisotopic (exact) mass is 298 g/mol. The smallest absolute Gasteiger partial charge is 0.408 e. The molecule has 2 amide bonds. The van der Waals surface area contributed by atoms with Gasteiger partial charge in [0.15, 0.2) is 0 Å². The average Bonchev–Trinajstić information content (AvgIpc) is 2.41. The summed E-state index contributed by atoms with van der Waals surface area (Å²) in [5.41, 5.74) is -0.546. The maximum Gasteiger partial charge on any atom is 0.408 e. The van der Waals surface area contributed by atoms with E-state index >= 15 is 0 Å². The molecule has 1 aliphatic carbocycles. The second-order valence-corrected chi connectivity index (χ2v) is 7.03. The van der Waals surface area contributed by atoms with Crippen LogP contribution in [-0.4, -0.2) is 30.7 Å². The molecule has 1 rings (SSSR count). The average molecular weight is 298 g/mol. The fourth-order valence-electron chi connectivity index (χ4n) is 2.67. The van der Waals surface area contributed by atoms with E-state index in [0.717, 1.165) is 5.92 Å². The fourth-order valence-corrected chi connectivity index (χ4v) is 2.67. The van der Waals surface area contributed by atoms with Crippen LogP contribution in [0.5, 0.6) is 0 Å². The summed E-state index contributed by atoms with van der Waals surface area (Å²) >= 11 is 0. The molecule has 0 aromatic rings. The summed E-state index contributed by atoms with van der Waals surface area (Å²) in [6.07, 6.45) is 5.94. The Hall–Kier alpha value is -1.26. The number of carbonyl (C=O) groups excluding carboxylic acids is 2. The predicted octanol–water partition coefficient (Wildman–Crippen LogP) is 2.84. The Morgan fingerprint density at radius 2 is 1.76 bits per heavy atom. The summed E-state index contributed by atoms with van der Waals surface area (Å²) in [5, 5.41) is 5.36. The Labute approximate surface area is 128 Å². The number of ether oxygens (including phenoxy) is 1. The first-order chi connectivity index (χ1) is 9.78. The third-order valence-electron chi connectivity index (χ3n) is 3.87. The molecular formula is C16H30N2O3. The molecule has 0 radical (unpaired) electrons. The van der Waals surface area contributed by atoms with Gasteiger partial charge in [0.2, 0.25) is 5.91 Å². The van der Waals surface area contributed by atoms with Crippen molar-refractivity contribution in [2.24, 2.45) is 11.8 Å². The minimum absolute atomic E-state index is 0.0354. The van der Waals surface area contributed by atoms with Crippen LogP contribution in [-0.2, 0) is 9.53 Å². The van der Waals surface area contributed by atoms with Gasteiger partial charge >= 0.3 is 6.09 Å². The molecule has 0 heterocycles. The lowest BCUT2D eigenvalue weighted by Gasteiger charge is -2.27. The molecular weight excluding hydrogens is 268 g/mol. The fraction of sp³-hybridized carbons (Fsp3) is 0.875. The molecule has 21 heavy (non-hydrogen) atoms. The Bertz CT molecular complexity index is 344. The van der Waals surface area contributed by atoms with Crippen molar-refractivity contribution in [3.05, 3.63) is 0 Å². The molecule has 0 aliphatic heterocycles. The van der Waals surface area contributed by atoms with E-state index in [2.05, 4.69) is 17.6 Å². The minimum atomic E-state index is -0.557. The summed E-state index contributed by atoms with van der Waals surface area (Å²) < 4.78 is 5.08. The van der Waals surface area contributed by atoms with E-state index in [1.54, 1.807) is 20.8 Å². The normalized spacial score (nSPS) is 17.9. The van der Waals surface area contributed by atoms with Crippen molar-refractivity contribution >= 4 is 12.0 Å². The zero-order valence-electron chi connectivity index (χ0n) is 13.8. The van der Waals surface area contributed by atoms with Crippen molar-refractivity contribution in [2.45, 2.75) is 65.4 Å². The van der Waals surface area contributed by atoms with E-state index in [-0.39, 0.29) is 12.5 Å². The maximum atomic E-state index is 11.7. The zero-order chi connectivity index (χ0) is 15.9. The summed E-state index contributed by atoms with van der Waals surface area (Å²) in [6, 6.07) is 0. The van der Waals surface area contributed by atoms with Gasteiger partial charge in [-0.1, -0.05) is 39.0 Å². The largest absolute Gasteiger partial charge is 0.444 e. The number of amides is 2. The van der Waals surface area contributed by atoms with Crippen LogP contribution >= 0.6 is 0 Å². The first-order valence-electron chi connectivity index (χ1n) is 8.01. The summed E-state index contributed by atoms with van der Waals surface area (Å²) in [5.74, 6) is 1.05. The van der Waals surface area contributed by atoms with Gasteiger partial charge in [0.1, 0.15) is 5.60 Å². The van der Waals surface area contributed by atoms with Crippen molar-refractivity contribution in [3.8, 4) is 0 Å². The van der Waals surface area contributed by atoms with Gasteiger partial charge in [0.25, 0.3) is 0 Å². The van der Waals surface area contributed by atoms with Crippen LogP contribution in [0.1, 0.15) is 59.8 Å². The summed E-state index contributed by atoms with van der Waals surface area (Å²) in [4.78, 5) is 23.2. The van der Waals surface area contributed by atoms with Crippen LogP contribution in [0.2, 0.25) is 0 Å². The van der Waals surface area contributed by atoms with Gasteiger partial charge in [-0.2, -0.15) is 0 Å². The minimum Gasteiger partial charge on any atom is -0.444 e. The molecule has 0 aromatic heterocycles. The van der Waals surface area contributed by atoms with Crippen molar-refractivity contribution in [1.29, 1.82) is 0 Å². The lowest BCUT2D eigenvalue weighted by Crippen LogP contribution is -2.41. The summed E-state index contributed by atoms with van der Waals surface area (Å²) in [7, 11) is 0. The number of rotatable bonds is 5. The molecule has 2 N–H and O–H groups in total. The van der Waals surface area contributed by atoms with E-state index < -0.39 is 11.7 Å². The maximum absolute atomic E-state index is 11.7. The van der Waals surface area contributed by atoms with E-state index in [1.165, 1.54) is 32.1 Å². The number of alkyl carbamates (subject to hydrolysis) is 1. The van der Waals surface area contributed by atoms with Crippen LogP contribution < -0.4 is 10.6 Å². The third kappa shape index (κ3) is 7.93. The van der Waals surface area contributed by atoms with Gasteiger partial charge in [-0.05, 0) is 32.6 Å². The first kappa shape index (κ1) is 17.8. The predicted molar refractivity (Wildman–Crippen MR) is 83.0 cm³/mol. The van der Waals surface area contributed by atoms with Crippen LogP contribution in [0.25, 0.3) is 0 Å². The lowest BCUT2D eigenvalue weighted by atomic mass is 9.81. The highest BCUT2D eigenvalue weighted by Gasteiger charge is 2.21. The van der Waals surface area contributed by atoms with Gasteiger partial charge < -0.3 is 15.4 Å². The van der Waals surface area contributed by atoms with Crippen LogP contribution in [0.15, 0.2) is 0 Å². The molecule has 1 unspecified atom stereocenters. The highest BCUT2D eigenvalue weighted by atomic mass is 16.6. The molecule has 0 aromatic carbocycles. The van der Waals surface area contributed by atoms with Crippen molar-refractivity contribution in [1.82, 2.24) is 10.6 Å². The van der Waals surface area contributed by atoms with Gasteiger partial charge in [0, 0.05) is 6.54 Å². The van der Waals surface area contributed by atoms with E-state index in [1.807, 2.05) is 0 Å². The molecule has 0 bridgehead atoms. The summed E-state index contributed by atoms with van der Waals surface area (Å²) in [6.45, 7) is 8.21. The van der Waals surface area contributed by atoms with E-state index in [0.29, 0.717) is 12.5 Å². The third-order valence-corrected chi connectivity index (χ3v) is 3.87. The molecule has 0 spiro atoms. The number of hydrogen-bond donors (Lipinski definition) is 2. The van der Waals surface area contributed by atoms with Crippen molar-refractivity contribution in [3.63, 3.8) is 0 Å². The molecule has 1 fully saturated rings. The first-order valence-corrected chi connectivity index (χ1v) is 8.01. The number of nitrogens with one attached hydrogen (secondary N) is 2. The quantitative estimate of drug-likeness (QED) is 0.820. The van der Waals surface area contributed by atoms with Crippen molar-refractivity contribution < 1.29 is 14.3 Å². The second kappa shape index (κ2) is 8.25. The zero-order valence-corrected chi connectivity index (χ0v) is 13.8.